The highest BCUT2D eigenvalue weighted by molar-refractivity contribution is 7.08. The van der Waals surface area contributed by atoms with Crippen LogP contribution in [-0.2, 0) is 4.79 Å². The molecule has 2 aromatic heterocycles. The predicted octanol–water partition coefficient (Wildman–Crippen LogP) is 3.19. The second-order valence-electron chi connectivity index (χ2n) is 5.13. The molecule has 0 atom stereocenters. The van der Waals surface area contributed by atoms with E-state index in [0.717, 1.165) is 0 Å². The second kappa shape index (κ2) is 10.2. The Balaban J connectivity index is 1.54. The molecule has 134 valence electrons. The zero-order valence-corrected chi connectivity index (χ0v) is 15.7. The minimum absolute atomic E-state index is 0.0678. The number of carbonyl (C=O) groups is 2. The first-order chi connectivity index (χ1) is 12.1. The predicted molar refractivity (Wildman–Crippen MR) is 102 cm³/mol. The van der Waals surface area contributed by atoms with Crippen molar-refractivity contribution in [1.82, 2.24) is 15.6 Å². The van der Waals surface area contributed by atoms with Crippen molar-refractivity contribution in [3.8, 4) is 0 Å². The number of pyridine rings is 1. The molecule has 6 nitrogen and oxygen atoms in total. The van der Waals surface area contributed by atoms with Crippen LogP contribution in [0.1, 0.15) is 23.2 Å². The normalized spacial score (nSPS) is 10.3. The third-order valence-corrected chi connectivity index (χ3v) is 4.38. The van der Waals surface area contributed by atoms with Crippen LogP contribution in [0.15, 0.2) is 29.1 Å². The average Bonchev–Trinajstić information content (AvgIpc) is 3.11. The summed E-state index contributed by atoms with van der Waals surface area (Å²) in [5.41, 5.74) is 0.648. The first-order valence-corrected chi connectivity index (χ1v) is 9.38. The van der Waals surface area contributed by atoms with Crippen molar-refractivity contribution >= 4 is 52.2 Å². The molecule has 2 heterocycles. The average molecular weight is 401 g/mol. The Morgan fingerprint density at radius 3 is 2.72 bits per heavy atom. The largest absolute Gasteiger partial charge is 0.367 e. The van der Waals surface area contributed by atoms with Gasteiger partial charge in [0.25, 0.3) is 5.91 Å². The molecular weight excluding hydrogens is 383 g/mol. The highest BCUT2D eigenvalue weighted by Crippen LogP contribution is 2.21. The lowest BCUT2D eigenvalue weighted by Gasteiger charge is -2.09. The Bertz CT molecular complexity index is 710. The summed E-state index contributed by atoms with van der Waals surface area (Å²) in [7, 11) is 0. The maximum absolute atomic E-state index is 11.7. The highest BCUT2D eigenvalue weighted by Gasteiger charge is 2.06. The molecule has 0 saturated carbocycles. The number of carbonyl (C=O) groups excluding carboxylic acids is 2. The van der Waals surface area contributed by atoms with Gasteiger partial charge in [-0.05, 0) is 23.9 Å². The molecule has 0 radical (unpaired) electrons. The van der Waals surface area contributed by atoms with E-state index in [1.165, 1.54) is 17.5 Å². The summed E-state index contributed by atoms with van der Waals surface area (Å²) in [6.45, 7) is 1.40. The highest BCUT2D eigenvalue weighted by atomic mass is 35.5. The molecule has 0 unspecified atom stereocenters. The maximum Gasteiger partial charge on any atom is 0.252 e. The fourth-order valence-electron chi connectivity index (χ4n) is 1.96. The number of hydrogen-bond acceptors (Lipinski definition) is 5. The van der Waals surface area contributed by atoms with Crippen LogP contribution in [0.25, 0.3) is 0 Å². The lowest BCUT2D eigenvalue weighted by Crippen LogP contribution is -2.30. The van der Waals surface area contributed by atoms with E-state index in [9.17, 15) is 9.59 Å². The molecule has 0 fully saturated rings. The van der Waals surface area contributed by atoms with Crippen molar-refractivity contribution in [1.29, 1.82) is 0 Å². The molecule has 0 spiro atoms. The monoisotopic (exact) mass is 400 g/mol. The Morgan fingerprint density at radius 1 is 1.16 bits per heavy atom. The van der Waals surface area contributed by atoms with Crippen molar-refractivity contribution < 1.29 is 9.59 Å². The van der Waals surface area contributed by atoms with Crippen LogP contribution in [0.2, 0.25) is 10.0 Å². The SMILES string of the molecule is O=C(CCCNC(=O)c1ccsc1)NCCNc1ncc(Cl)cc1Cl. The van der Waals surface area contributed by atoms with Crippen molar-refractivity contribution in [3.63, 3.8) is 0 Å². The molecule has 2 rings (SSSR count). The Kier molecular flexibility index (Phi) is 7.97. The van der Waals surface area contributed by atoms with Gasteiger partial charge in [0.2, 0.25) is 5.91 Å². The fraction of sp³-hybridized carbons (Fsp3) is 0.312. The van der Waals surface area contributed by atoms with E-state index in [2.05, 4.69) is 20.9 Å². The van der Waals surface area contributed by atoms with Crippen molar-refractivity contribution in [2.24, 2.45) is 0 Å². The van der Waals surface area contributed by atoms with E-state index in [4.69, 9.17) is 23.2 Å². The molecule has 0 saturated heterocycles. The van der Waals surface area contributed by atoms with Gasteiger partial charge in [-0.1, -0.05) is 23.2 Å². The number of aromatic nitrogens is 1. The molecule has 2 aromatic rings. The zero-order valence-electron chi connectivity index (χ0n) is 13.4. The number of halogens is 2. The van der Waals surface area contributed by atoms with Crippen LogP contribution in [-0.4, -0.2) is 36.4 Å². The number of anilines is 1. The first-order valence-electron chi connectivity index (χ1n) is 7.68. The molecule has 0 aliphatic heterocycles. The van der Waals surface area contributed by atoms with Crippen LogP contribution in [0, 0.1) is 0 Å². The Morgan fingerprint density at radius 2 is 2.00 bits per heavy atom. The van der Waals surface area contributed by atoms with E-state index in [1.807, 2.05) is 5.38 Å². The molecule has 0 aromatic carbocycles. The summed E-state index contributed by atoms with van der Waals surface area (Å²) in [6, 6.07) is 3.36. The van der Waals surface area contributed by atoms with E-state index in [1.54, 1.807) is 17.5 Å². The first kappa shape index (κ1) is 19.5. The van der Waals surface area contributed by atoms with Gasteiger partial charge in [-0.2, -0.15) is 11.3 Å². The number of hydrogen-bond donors (Lipinski definition) is 3. The van der Waals surface area contributed by atoms with Gasteiger partial charge in [-0.15, -0.1) is 0 Å². The van der Waals surface area contributed by atoms with Gasteiger partial charge in [-0.3, -0.25) is 9.59 Å². The minimum Gasteiger partial charge on any atom is -0.367 e. The van der Waals surface area contributed by atoms with Crippen LogP contribution in [0.3, 0.4) is 0 Å². The topological polar surface area (TPSA) is 83.1 Å². The lowest BCUT2D eigenvalue weighted by atomic mass is 10.2. The van der Waals surface area contributed by atoms with Gasteiger partial charge in [-0.25, -0.2) is 4.98 Å². The summed E-state index contributed by atoms with van der Waals surface area (Å²) < 4.78 is 0. The lowest BCUT2D eigenvalue weighted by molar-refractivity contribution is -0.121. The molecular formula is C16H18Cl2N4O2S. The van der Waals surface area contributed by atoms with Gasteiger partial charge < -0.3 is 16.0 Å². The van der Waals surface area contributed by atoms with Crippen LogP contribution in [0.5, 0.6) is 0 Å². The quantitative estimate of drug-likeness (QED) is 0.564. The van der Waals surface area contributed by atoms with Gasteiger partial charge in [0, 0.05) is 43.2 Å². The number of rotatable bonds is 9. The number of thiophene rings is 1. The standard InChI is InChI=1S/C16H18Cl2N4O2S/c17-12-8-13(18)15(22-9-12)20-6-5-19-14(23)2-1-4-21-16(24)11-3-7-25-10-11/h3,7-10H,1-2,4-6H2,(H,19,23)(H,20,22)(H,21,24). The summed E-state index contributed by atoms with van der Waals surface area (Å²) in [5, 5.41) is 13.1. The van der Waals surface area contributed by atoms with Crippen LogP contribution < -0.4 is 16.0 Å². The molecule has 0 bridgehead atoms. The van der Waals surface area contributed by atoms with E-state index in [0.29, 0.717) is 53.9 Å². The molecule has 25 heavy (non-hydrogen) atoms. The maximum atomic E-state index is 11.7. The van der Waals surface area contributed by atoms with Gasteiger partial charge >= 0.3 is 0 Å². The van der Waals surface area contributed by atoms with Gasteiger partial charge in [0.1, 0.15) is 5.82 Å². The van der Waals surface area contributed by atoms with E-state index in [-0.39, 0.29) is 11.8 Å². The molecule has 0 aliphatic rings. The van der Waals surface area contributed by atoms with Crippen LogP contribution >= 0.6 is 34.5 Å². The molecule has 2 amide bonds. The Hall–Kier alpha value is -1.83. The third-order valence-electron chi connectivity index (χ3n) is 3.20. The van der Waals surface area contributed by atoms with Gasteiger partial charge in [0.05, 0.1) is 10.0 Å². The minimum atomic E-state index is -0.113. The third kappa shape index (κ3) is 6.89. The zero-order chi connectivity index (χ0) is 18.1. The summed E-state index contributed by atoms with van der Waals surface area (Å²) in [6.07, 6.45) is 2.43. The van der Waals surface area contributed by atoms with E-state index >= 15 is 0 Å². The van der Waals surface area contributed by atoms with Crippen LogP contribution in [0.4, 0.5) is 5.82 Å². The van der Waals surface area contributed by atoms with Crippen molar-refractivity contribution in [2.45, 2.75) is 12.8 Å². The summed E-state index contributed by atoms with van der Waals surface area (Å²) >= 11 is 13.2. The fourth-order valence-corrected chi connectivity index (χ4v) is 3.05. The molecule has 0 aliphatic carbocycles. The van der Waals surface area contributed by atoms with E-state index < -0.39 is 0 Å². The molecule has 9 heteroatoms. The van der Waals surface area contributed by atoms with Crippen molar-refractivity contribution in [2.75, 3.05) is 25.0 Å². The number of amides is 2. The second-order valence-corrected chi connectivity index (χ2v) is 6.76. The number of nitrogens with zero attached hydrogens (tertiary/aromatic N) is 1. The summed E-state index contributed by atoms with van der Waals surface area (Å²) in [4.78, 5) is 27.5. The Labute approximate surface area is 159 Å². The molecule has 3 N–H and O–H groups in total. The smallest absolute Gasteiger partial charge is 0.252 e. The summed E-state index contributed by atoms with van der Waals surface area (Å²) in [5.74, 6) is 0.344. The van der Waals surface area contributed by atoms with Crippen molar-refractivity contribution in [3.05, 3.63) is 44.7 Å². The number of nitrogens with one attached hydrogen (secondary N) is 3. The van der Waals surface area contributed by atoms with Gasteiger partial charge in [0.15, 0.2) is 0 Å².